The Morgan fingerprint density at radius 3 is 2.71 bits per heavy atom. The van der Waals surface area contributed by atoms with E-state index in [-0.39, 0.29) is 0 Å². The van der Waals surface area contributed by atoms with E-state index in [1.165, 1.54) is 0 Å². The number of carbonyl (C=O) groups excluding carboxylic acids is 2. The highest BCUT2D eigenvalue weighted by atomic mass is 16.3. The van der Waals surface area contributed by atoms with Crippen molar-refractivity contribution in [3.8, 4) is 6.07 Å². The van der Waals surface area contributed by atoms with Gasteiger partial charge in [-0.1, -0.05) is 6.07 Å². The Labute approximate surface area is 160 Å². The predicted octanol–water partition coefficient (Wildman–Crippen LogP) is 2.32. The zero-order chi connectivity index (χ0) is 19.7. The van der Waals surface area contributed by atoms with Gasteiger partial charge in [-0.3, -0.25) is 15.1 Å². The van der Waals surface area contributed by atoms with Crippen molar-refractivity contribution in [2.75, 3.05) is 0 Å². The summed E-state index contributed by atoms with van der Waals surface area (Å²) in [6.45, 7) is 1.59. The molecule has 4 heterocycles. The average molecular weight is 375 g/mol. The highest BCUT2D eigenvalue weighted by Crippen LogP contribution is 2.29. The summed E-state index contributed by atoms with van der Waals surface area (Å²) in [5.74, 6) is -0.127. The molecule has 1 aliphatic rings. The van der Waals surface area contributed by atoms with Gasteiger partial charge in [0, 0.05) is 42.9 Å². The molecule has 8 heteroatoms. The minimum atomic E-state index is -1.25. The average Bonchev–Trinajstić information content (AvgIpc) is 3.22. The summed E-state index contributed by atoms with van der Waals surface area (Å²) in [5.41, 5.74) is 2.63. The molecule has 3 aromatic heterocycles. The molecule has 1 unspecified atom stereocenters. The van der Waals surface area contributed by atoms with Crippen LogP contribution < -0.4 is 10.6 Å². The van der Waals surface area contributed by atoms with Crippen molar-refractivity contribution < 1.29 is 14.0 Å². The minimum Gasteiger partial charge on any atom is -0.456 e. The van der Waals surface area contributed by atoms with E-state index in [0.29, 0.717) is 36.1 Å². The lowest BCUT2D eigenvalue weighted by atomic mass is 10.00. The van der Waals surface area contributed by atoms with Gasteiger partial charge < -0.3 is 9.73 Å². The van der Waals surface area contributed by atoms with Gasteiger partial charge in [-0.2, -0.15) is 5.26 Å². The highest BCUT2D eigenvalue weighted by molar-refractivity contribution is 6.07. The molecule has 1 atom stereocenters. The maximum Gasteiger partial charge on any atom is 0.322 e. The fourth-order valence-corrected chi connectivity index (χ4v) is 3.13. The third-order valence-corrected chi connectivity index (χ3v) is 4.73. The van der Waals surface area contributed by atoms with Crippen LogP contribution in [0.1, 0.15) is 36.1 Å². The van der Waals surface area contributed by atoms with E-state index in [0.717, 1.165) is 17.0 Å². The topological polar surface area (TPSA) is 121 Å². The molecular weight excluding hydrogens is 358 g/mol. The van der Waals surface area contributed by atoms with Crippen LogP contribution in [0.4, 0.5) is 4.79 Å². The van der Waals surface area contributed by atoms with Crippen LogP contribution in [0.15, 0.2) is 40.9 Å². The molecule has 4 rings (SSSR count). The van der Waals surface area contributed by atoms with Gasteiger partial charge in [-0.05, 0) is 30.7 Å². The van der Waals surface area contributed by atoms with Crippen molar-refractivity contribution in [1.29, 1.82) is 5.26 Å². The van der Waals surface area contributed by atoms with Gasteiger partial charge in [0.15, 0.2) is 11.1 Å². The van der Waals surface area contributed by atoms with Crippen LogP contribution >= 0.6 is 0 Å². The lowest BCUT2D eigenvalue weighted by Crippen LogP contribution is -2.40. The van der Waals surface area contributed by atoms with Gasteiger partial charge in [0.25, 0.3) is 5.91 Å². The number of aryl methyl sites for hydroxylation is 1. The maximum atomic E-state index is 12.1. The fourth-order valence-electron chi connectivity index (χ4n) is 3.13. The standard InChI is InChI=1S/C20H17N5O3/c1-20(18(26)24-19(27)25-20)17-10-15-16(28-17)7-6-14(23-15)9-12-4-5-13(22-11-12)3-2-8-21/h4-7,10-11H,2-3,9H2,1H3,(H2,24,25,26,27). The monoisotopic (exact) mass is 375 g/mol. The summed E-state index contributed by atoms with van der Waals surface area (Å²) in [6.07, 6.45) is 3.47. The molecule has 1 fully saturated rings. The van der Waals surface area contributed by atoms with Crippen LogP contribution in [-0.2, 0) is 23.2 Å². The van der Waals surface area contributed by atoms with Crippen LogP contribution in [0.3, 0.4) is 0 Å². The number of fused-ring (bicyclic) bond motifs is 1. The van der Waals surface area contributed by atoms with Crippen LogP contribution in [0, 0.1) is 11.3 Å². The molecule has 3 aromatic rings. The predicted molar refractivity (Wildman–Crippen MR) is 99.0 cm³/mol. The van der Waals surface area contributed by atoms with Crippen molar-refractivity contribution in [3.05, 3.63) is 59.2 Å². The molecule has 1 saturated heterocycles. The van der Waals surface area contributed by atoms with Crippen molar-refractivity contribution in [2.45, 2.75) is 31.7 Å². The van der Waals surface area contributed by atoms with Crippen LogP contribution in [0.25, 0.3) is 11.1 Å². The molecule has 0 radical (unpaired) electrons. The third kappa shape index (κ3) is 3.18. The van der Waals surface area contributed by atoms with Gasteiger partial charge in [0.2, 0.25) is 0 Å². The lowest BCUT2D eigenvalue weighted by molar-refractivity contribution is -0.124. The molecule has 2 N–H and O–H groups in total. The largest absolute Gasteiger partial charge is 0.456 e. The number of nitriles is 1. The van der Waals surface area contributed by atoms with Gasteiger partial charge in [0.1, 0.15) is 11.3 Å². The van der Waals surface area contributed by atoms with E-state index >= 15 is 0 Å². The normalized spacial score (nSPS) is 18.7. The Morgan fingerprint density at radius 2 is 2.04 bits per heavy atom. The number of rotatable bonds is 5. The number of nitrogens with zero attached hydrogens (tertiary/aromatic N) is 3. The first-order chi connectivity index (χ1) is 13.5. The molecule has 0 spiro atoms. The van der Waals surface area contributed by atoms with E-state index in [1.807, 2.05) is 18.2 Å². The van der Waals surface area contributed by atoms with E-state index < -0.39 is 17.5 Å². The second kappa shape index (κ2) is 6.78. The molecule has 0 saturated carbocycles. The molecular formula is C20H17N5O3. The first-order valence-corrected chi connectivity index (χ1v) is 8.82. The number of pyridine rings is 2. The molecule has 0 bridgehead atoms. The number of urea groups is 1. The molecule has 3 amide bonds. The van der Waals surface area contributed by atoms with E-state index in [2.05, 4.69) is 26.7 Å². The fraction of sp³-hybridized carbons (Fsp3) is 0.250. The van der Waals surface area contributed by atoms with E-state index in [1.54, 1.807) is 25.3 Å². The van der Waals surface area contributed by atoms with Crippen molar-refractivity contribution in [2.24, 2.45) is 0 Å². The number of hydrogen-bond acceptors (Lipinski definition) is 6. The Kier molecular flexibility index (Phi) is 4.28. The number of aromatic nitrogens is 2. The van der Waals surface area contributed by atoms with Crippen molar-refractivity contribution in [1.82, 2.24) is 20.6 Å². The Balaban J connectivity index is 1.56. The number of hydrogen-bond donors (Lipinski definition) is 2. The van der Waals surface area contributed by atoms with Gasteiger partial charge in [-0.25, -0.2) is 9.78 Å². The number of furan rings is 1. The minimum absolute atomic E-state index is 0.332. The van der Waals surface area contributed by atoms with Crippen LogP contribution in [0.2, 0.25) is 0 Å². The maximum absolute atomic E-state index is 12.1. The van der Waals surface area contributed by atoms with E-state index in [4.69, 9.17) is 9.68 Å². The zero-order valence-electron chi connectivity index (χ0n) is 15.2. The summed E-state index contributed by atoms with van der Waals surface area (Å²) in [5, 5.41) is 13.4. The Hall–Kier alpha value is -3.73. The number of amides is 3. The molecule has 1 aliphatic heterocycles. The molecule has 0 aliphatic carbocycles. The second-order valence-corrected chi connectivity index (χ2v) is 6.82. The highest BCUT2D eigenvalue weighted by Gasteiger charge is 2.46. The first-order valence-electron chi connectivity index (χ1n) is 8.82. The van der Waals surface area contributed by atoms with Crippen molar-refractivity contribution >= 4 is 23.0 Å². The quantitative estimate of drug-likeness (QED) is 0.660. The number of imide groups is 1. The smallest absolute Gasteiger partial charge is 0.322 e. The Bertz CT molecular complexity index is 1110. The Morgan fingerprint density at radius 1 is 1.21 bits per heavy atom. The van der Waals surface area contributed by atoms with Gasteiger partial charge >= 0.3 is 6.03 Å². The SMILES string of the molecule is CC1(c2cc3nc(Cc4ccc(CCC#N)nc4)ccc3o2)NC(=O)NC1=O. The first kappa shape index (κ1) is 17.7. The van der Waals surface area contributed by atoms with Crippen LogP contribution in [0.5, 0.6) is 0 Å². The summed E-state index contributed by atoms with van der Waals surface area (Å²) < 4.78 is 5.76. The molecule has 8 nitrogen and oxygen atoms in total. The third-order valence-electron chi connectivity index (χ3n) is 4.73. The molecule has 0 aromatic carbocycles. The zero-order valence-corrected chi connectivity index (χ0v) is 15.2. The molecule has 140 valence electrons. The molecule has 28 heavy (non-hydrogen) atoms. The summed E-state index contributed by atoms with van der Waals surface area (Å²) in [6, 6.07) is 10.8. The number of carbonyl (C=O) groups is 2. The summed E-state index contributed by atoms with van der Waals surface area (Å²) in [4.78, 5) is 32.5. The van der Waals surface area contributed by atoms with Crippen molar-refractivity contribution in [3.63, 3.8) is 0 Å². The summed E-state index contributed by atoms with van der Waals surface area (Å²) >= 11 is 0. The van der Waals surface area contributed by atoms with Gasteiger partial charge in [-0.15, -0.1) is 0 Å². The van der Waals surface area contributed by atoms with Crippen LogP contribution in [-0.4, -0.2) is 21.9 Å². The van der Waals surface area contributed by atoms with Gasteiger partial charge in [0.05, 0.1) is 6.07 Å². The summed E-state index contributed by atoms with van der Waals surface area (Å²) in [7, 11) is 0. The number of nitrogens with one attached hydrogen (secondary N) is 2. The second-order valence-electron chi connectivity index (χ2n) is 6.82. The van der Waals surface area contributed by atoms with E-state index in [9.17, 15) is 9.59 Å². The lowest BCUT2D eigenvalue weighted by Gasteiger charge is -2.16.